The van der Waals surface area contributed by atoms with Gasteiger partial charge >= 0.3 is 0 Å². The van der Waals surface area contributed by atoms with Crippen LogP contribution in [0, 0.1) is 6.92 Å². The summed E-state index contributed by atoms with van der Waals surface area (Å²) in [6.45, 7) is 2.62. The summed E-state index contributed by atoms with van der Waals surface area (Å²) < 4.78 is 10.5. The summed E-state index contributed by atoms with van der Waals surface area (Å²) in [6, 6.07) is 13.7. The Morgan fingerprint density at radius 1 is 1.04 bits per heavy atom. The van der Waals surface area contributed by atoms with Crippen LogP contribution >= 0.6 is 0 Å². The summed E-state index contributed by atoms with van der Waals surface area (Å²) in [6.07, 6.45) is 3.34. The van der Waals surface area contributed by atoms with Crippen LogP contribution in [0.3, 0.4) is 0 Å². The fourth-order valence-corrected chi connectivity index (χ4v) is 2.30. The van der Waals surface area contributed by atoms with Crippen molar-refractivity contribution in [3.63, 3.8) is 0 Å². The molecular formula is C20H23NO3. The number of ether oxygens (including phenoxy) is 2. The Morgan fingerprint density at radius 2 is 1.71 bits per heavy atom. The van der Waals surface area contributed by atoms with Gasteiger partial charge in [0.15, 0.2) is 11.5 Å². The first-order chi connectivity index (χ1) is 11.5. The Balaban J connectivity index is 2.02. The van der Waals surface area contributed by atoms with Gasteiger partial charge in [0.05, 0.1) is 14.2 Å². The highest BCUT2D eigenvalue weighted by Crippen LogP contribution is 2.27. The Bertz CT molecular complexity index is 720. The van der Waals surface area contributed by atoms with Crippen LogP contribution in [0.25, 0.3) is 6.08 Å². The van der Waals surface area contributed by atoms with E-state index in [1.54, 1.807) is 38.3 Å². The van der Waals surface area contributed by atoms with E-state index in [9.17, 15) is 4.79 Å². The maximum absolute atomic E-state index is 12.2. The van der Waals surface area contributed by atoms with Crippen LogP contribution in [0.4, 0.5) is 0 Å². The van der Waals surface area contributed by atoms with Gasteiger partial charge in [0.1, 0.15) is 0 Å². The lowest BCUT2D eigenvalue weighted by molar-refractivity contribution is -0.125. The van der Waals surface area contributed by atoms with Crippen molar-refractivity contribution in [3.05, 3.63) is 65.2 Å². The number of rotatable bonds is 6. The summed E-state index contributed by atoms with van der Waals surface area (Å²) in [4.78, 5) is 13.9. The SMILES string of the molecule is COc1ccc(/C=C/C(=O)N(C)Cc2ccc(C)cc2)cc1OC. The van der Waals surface area contributed by atoms with E-state index < -0.39 is 0 Å². The van der Waals surface area contributed by atoms with Gasteiger partial charge in [0.2, 0.25) is 5.91 Å². The second-order valence-electron chi connectivity index (χ2n) is 5.63. The topological polar surface area (TPSA) is 38.8 Å². The summed E-state index contributed by atoms with van der Waals surface area (Å²) >= 11 is 0. The van der Waals surface area contributed by atoms with Crippen molar-refractivity contribution in [2.24, 2.45) is 0 Å². The van der Waals surface area contributed by atoms with Gasteiger partial charge in [-0.3, -0.25) is 4.79 Å². The molecule has 0 saturated carbocycles. The van der Waals surface area contributed by atoms with Crippen LogP contribution in [0.2, 0.25) is 0 Å². The van der Waals surface area contributed by atoms with Crippen LogP contribution in [0.5, 0.6) is 11.5 Å². The van der Waals surface area contributed by atoms with Gasteiger partial charge in [0, 0.05) is 19.7 Å². The minimum atomic E-state index is -0.0506. The molecule has 1 amide bonds. The minimum Gasteiger partial charge on any atom is -0.493 e. The van der Waals surface area contributed by atoms with Crippen LogP contribution in [0.15, 0.2) is 48.5 Å². The van der Waals surface area contributed by atoms with E-state index in [1.807, 2.05) is 49.4 Å². The molecule has 0 aliphatic carbocycles. The summed E-state index contributed by atoms with van der Waals surface area (Å²) in [7, 11) is 4.98. The number of methoxy groups -OCH3 is 2. The van der Waals surface area contributed by atoms with Crippen molar-refractivity contribution in [2.75, 3.05) is 21.3 Å². The number of benzene rings is 2. The molecule has 0 aromatic heterocycles. The van der Waals surface area contributed by atoms with Crippen molar-refractivity contribution in [1.29, 1.82) is 0 Å². The van der Waals surface area contributed by atoms with Crippen LogP contribution in [0.1, 0.15) is 16.7 Å². The molecule has 0 unspecified atom stereocenters. The molecule has 4 nitrogen and oxygen atoms in total. The number of hydrogen-bond donors (Lipinski definition) is 0. The lowest BCUT2D eigenvalue weighted by Gasteiger charge is -2.15. The predicted octanol–water partition coefficient (Wildman–Crippen LogP) is 3.68. The van der Waals surface area contributed by atoms with Crippen LogP contribution in [-0.4, -0.2) is 32.1 Å². The molecule has 2 rings (SSSR count). The van der Waals surface area contributed by atoms with Crippen LogP contribution < -0.4 is 9.47 Å². The van der Waals surface area contributed by atoms with E-state index in [0.717, 1.165) is 11.1 Å². The summed E-state index contributed by atoms with van der Waals surface area (Å²) in [5.74, 6) is 1.25. The minimum absolute atomic E-state index is 0.0506. The zero-order chi connectivity index (χ0) is 17.5. The second kappa shape index (κ2) is 8.20. The van der Waals surface area contributed by atoms with Crippen molar-refractivity contribution in [2.45, 2.75) is 13.5 Å². The van der Waals surface area contributed by atoms with E-state index in [2.05, 4.69) is 0 Å². The number of amides is 1. The first kappa shape index (κ1) is 17.6. The molecule has 2 aromatic rings. The van der Waals surface area contributed by atoms with E-state index in [-0.39, 0.29) is 5.91 Å². The zero-order valence-electron chi connectivity index (χ0n) is 14.6. The third-order valence-electron chi connectivity index (χ3n) is 3.74. The average molecular weight is 325 g/mol. The Labute approximate surface area is 143 Å². The number of hydrogen-bond acceptors (Lipinski definition) is 3. The molecule has 0 spiro atoms. The number of aryl methyl sites for hydroxylation is 1. The molecule has 0 fully saturated rings. The van der Waals surface area contributed by atoms with Gasteiger partial charge in [-0.1, -0.05) is 35.9 Å². The molecule has 2 aromatic carbocycles. The molecule has 0 saturated heterocycles. The summed E-state index contributed by atoms with van der Waals surface area (Å²) in [5.41, 5.74) is 3.20. The lowest BCUT2D eigenvalue weighted by atomic mass is 10.1. The molecule has 126 valence electrons. The van der Waals surface area contributed by atoms with E-state index in [1.165, 1.54) is 5.56 Å². The molecule has 0 bridgehead atoms. The van der Waals surface area contributed by atoms with Gasteiger partial charge in [-0.05, 0) is 36.3 Å². The van der Waals surface area contributed by atoms with Crippen molar-refractivity contribution in [1.82, 2.24) is 4.90 Å². The third-order valence-corrected chi connectivity index (χ3v) is 3.74. The highest BCUT2D eigenvalue weighted by Gasteiger charge is 2.07. The molecule has 0 atom stereocenters. The van der Waals surface area contributed by atoms with Crippen LogP contribution in [-0.2, 0) is 11.3 Å². The number of likely N-dealkylation sites (N-methyl/N-ethyl adjacent to an activating group) is 1. The Morgan fingerprint density at radius 3 is 2.33 bits per heavy atom. The van der Waals surface area contributed by atoms with Gasteiger partial charge in [0.25, 0.3) is 0 Å². The highest BCUT2D eigenvalue weighted by atomic mass is 16.5. The molecule has 0 radical (unpaired) electrons. The monoisotopic (exact) mass is 325 g/mol. The van der Waals surface area contributed by atoms with Gasteiger partial charge < -0.3 is 14.4 Å². The quantitative estimate of drug-likeness (QED) is 0.761. The standard InChI is InChI=1S/C20H23NO3/c1-15-5-7-17(8-6-15)14-21(2)20(22)12-10-16-9-11-18(23-3)19(13-16)24-4/h5-13H,14H2,1-4H3/b12-10+. The highest BCUT2D eigenvalue weighted by molar-refractivity contribution is 5.91. The normalized spacial score (nSPS) is 10.7. The summed E-state index contributed by atoms with van der Waals surface area (Å²) in [5, 5.41) is 0. The molecule has 0 N–H and O–H groups in total. The lowest BCUT2D eigenvalue weighted by Crippen LogP contribution is -2.24. The Hall–Kier alpha value is -2.75. The van der Waals surface area contributed by atoms with E-state index in [0.29, 0.717) is 18.0 Å². The van der Waals surface area contributed by atoms with Gasteiger partial charge in [-0.25, -0.2) is 0 Å². The fourth-order valence-electron chi connectivity index (χ4n) is 2.30. The zero-order valence-corrected chi connectivity index (χ0v) is 14.6. The smallest absolute Gasteiger partial charge is 0.246 e. The molecule has 24 heavy (non-hydrogen) atoms. The van der Waals surface area contributed by atoms with Gasteiger partial charge in [-0.15, -0.1) is 0 Å². The first-order valence-electron chi connectivity index (χ1n) is 7.74. The van der Waals surface area contributed by atoms with Gasteiger partial charge in [-0.2, -0.15) is 0 Å². The largest absolute Gasteiger partial charge is 0.493 e. The number of carbonyl (C=O) groups excluding carboxylic acids is 1. The maximum atomic E-state index is 12.2. The van der Waals surface area contributed by atoms with Crippen molar-refractivity contribution in [3.8, 4) is 11.5 Å². The molecule has 0 aliphatic rings. The molecule has 0 heterocycles. The third kappa shape index (κ3) is 4.62. The van der Waals surface area contributed by atoms with E-state index >= 15 is 0 Å². The molecular weight excluding hydrogens is 302 g/mol. The molecule has 4 heteroatoms. The molecule has 0 aliphatic heterocycles. The fraction of sp³-hybridized carbons (Fsp3) is 0.250. The number of nitrogens with zero attached hydrogens (tertiary/aromatic N) is 1. The van der Waals surface area contributed by atoms with E-state index in [4.69, 9.17) is 9.47 Å². The predicted molar refractivity (Wildman–Crippen MR) is 96.2 cm³/mol. The maximum Gasteiger partial charge on any atom is 0.246 e. The van der Waals surface area contributed by atoms with Crippen molar-refractivity contribution < 1.29 is 14.3 Å². The Kier molecular flexibility index (Phi) is 6.01. The van der Waals surface area contributed by atoms with Crippen molar-refractivity contribution >= 4 is 12.0 Å². The first-order valence-corrected chi connectivity index (χ1v) is 7.74. The second-order valence-corrected chi connectivity index (χ2v) is 5.63. The average Bonchev–Trinajstić information content (AvgIpc) is 2.61. The number of carbonyl (C=O) groups is 1.